The molecule has 0 fully saturated rings. The van der Waals surface area contributed by atoms with Gasteiger partial charge in [-0.1, -0.05) is 59.2 Å². The van der Waals surface area contributed by atoms with E-state index >= 15 is 0 Å². The number of ether oxygens (including phenoxy) is 3. The number of nitrogens with one attached hydrogen (secondary N) is 1. The molecule has 2 aromatic carbocycles. The van der Waals surface area contributed by atoms with Crippen LogP contribution in [0.5, 0.6) is 11.5 Å². The first-order chi connectivity index (χ1) is 15.5. The molecule has 3 aromatic rings. The number of benzene rings is 2. The van der Waals surface area contributed by atoms with Crippen LogP contribution in [-0.2, 0) is 9.53 Å². The normalized spacial score (nSPS) is 10.3. The molecule has 0 aliphatic heterocycles. The second-order valence-corrected chi connectivity index (χ2v) is 7.02. The van der Waals surface area contributed by atoms with Gasteiger partial charge in [-0.05, 0) is 24.3 Å². The lowest BCUT2D eigenvalue weighted by molar-refractivity contribution is -0.118. The average molecular weight is 477 g/mol. The van der Waals surface area contributed by atoms with Gasteiger partial charge in [0, 0.05) is 5.56 Å². The molecule has 1 N–H and O–H groups in total. The van der Waals surface area contributed by atoms with E-state index in [0.29, 0.717) is 11.5 Å². The van der Waals surface area contributed by atoms with Crippen LogP contribution in [0.1, 0.15) is 10.4 Å². The Morgan fingerprint density at radius 3 is 2.38 bits per heavy atom. The minimum Gasteiger partial charge on any atom is -0.486 e. The number of nitrogens with zero attached hydrogens (tertiary/aromatic N) is 1. The molecule has 0 bridgehead atoms. The van der Waals surface area contributed by atoms with Gasteiger partial charge in [-0.2, -0.15) is 0 Å². The highest BCUT2D eigenvalue weighted by molar-refractivity contribution is 6.39. The molecule has 0 spiro atoms. The number of rotatable bonds is 9. The molecule has 32 heavy (non-hydrogen) atoms. The Morgan fingerprint density at radius 1 is 1.09 bits per heavy atom. The summed E-state index contributed by atoms with van der Waals surface area (Å²) in [5, 5.41) is 6.80. The maximum atomic E-state index is 12.5. The lowest BCUT2D eigenvalue weighted by Crippen LogP contribution is -2.21. The van der Waals surface area contributed by atoms with E-state index in [1.807, 2.05) is 0 Å². The highest BCUT2D eigenvalue weighted by Crippen LogP contribution is 2.38. The number of esters is 1. The third-order valence-electron chi connectivity index (χ3n) is 4.10. The fraction of sp³-hybridized carbons (Fsp3) is 0.136. The Kier molecular flexibility index (Phi) is 7.75. The first-order valence-electron chi connectivity index (χ1n) is 9.24. The summed E-state index contributed by atoms with van der Waals surface area (Å²) in [6, 6.07) is 11.7. The lowest BCUT2D eigenvalue weighted by atomic mass is 10.1. The molecule has 166 valence electrons. The molecule has 3 rings (SSSR count). The Hall–Kier alpha value is -3.49. The van der Waals surface area contributed by atoms with Gasteiger partial charge in [0.05, 0.1) is 17.2 Å². The van der Waals surface area contributed by atoms with Crippen molar-refractivity contribution in [1.82, 2.24) is 5.16 Å². The predicted molar refractivity (Wildman–Crippen MR) is 120 cm³/mol. The van der Waals surface area contributed by atoms with Gasteiger partial charge < -0.3 is 18.7 Å². The van der Waals surface area contributed by atoms with E-state index in [1.54, 1.807) is 48.5 Å². The van der Waals surface area contributed by atoms with Crippen molar-refractivity contribution in [2.24, 2.45) is 0 Å². The number of hydrogen-bond acceptors (Lipinski definition) is 7. The van der Waals surface area contributed by atoms with Gasteiger partial charge >= 0.3 is 5.97 Å². The SMILES string of the molecule is C=CCOc1ccccc1OCC(=O)Nc1onc(-c2c(Cl)cccc2Cl)c1C(=O)OC. The number of anilines is 1. The average Bonchev–Trinajstić information content (AvgIpc) is 3.19. The molecule has 1 heterocycles. The summed E-state index contributed by atoms with van der Waals surface area (Å²) >= 11 is 12.4. The lowest BCUT2D eigenvalue weighted by Gasteiger charge is -2.11. The van der Waals surface area contributed by atoms with Gasteiger partial charge in [0.1, 0.15) is 12.3 Å². The van der Waals surface area contributed by atoms with Crippen LogP contribution in [0.2, 0.25) is 10.0 Å². The summed E-state index contributed by atoms with van der Waals surface area (Å²) in [7, 11) is 1.18. The van der Waals surface area contributed by atoms with E-state index in [4.69, 9.17) is 41.9 Å². The zero-order valence-electron chi connectivity index (χ0n) is 16.9. The van der Waals surface area contributed by atoms with Gasteiger partial charge in [-0.3, -0.25) is 10.1 Å². The standard InChI is InChI=1S/C22H18Cl2N2O6/c1-3-11-30-15-9-4-5-10-16(15)31-12-17(27)25-21-19(22(28)29-2)20(26-32-21)18-13(23)7-6-8-14(18)24/h3-10H,1,11-12H2,2H3,(H,25,27). The Labute approximate surface area is 193 Å². The van der Waals surface area contributed by atoms with Gasteiger partial charge in [0.2, 0.25) is 5.88 Å². The van der Waals surface area contributed by atoms with Gasteiger partial charge in [0.15, 0.2) is 23.7 Å². The molecule has 0 atom stereocenters. The number of methoxy groups -OCH3 is 1. The Morgan fingerprint density at radius 2 is 1.75 bits per heavy atom. The van der Waals surface area contributed by atoms with Crippen molar-refractivity contribution in [1.29, 1.82) is 0 Å². The molecule has 0 saturated carbocycles. The minimum atomic E-state index is -0.795. The van der Waals surface area contributed by atoms with Crippen LogP contribution in [0.15, 0.2) is 59.6 Å². The number of hydrogen-bond donors (Lipinski definition) is 1. The van der Waals surface area contributed by atoms with E-state index in [2.05, 4.69) is 17.1 Å². The summed E-state index contributed by atoms with van der Waals surface area (Å²) in [5.41, 5.74) is 0.169. The minimum absolute atomic E-state index is 0.0341. The second kappa shape index (κ2) is 10.7. The van der Waals surface area contributed by atoms with Crippen LogP contribution in [0.3, 0.4) is 0 Å². The molecule has 0 aliphatic carbocycles. The summed E-state index contributed by atoms with van der Waals surface area (Å²) in [5.74, 6) is -0.824. The molecule has 0 radical (unpaired) electrons. The summed E-state index contributed by atoms with van der Waals surface area (Å²) in [6.45, 7) is 3.48. The van der Waals surface area contributed by atoms with Crippen molar-refractivity contribution in [2.75, 3.05) is 25.6 Å². The van der Waals surface area contributed by atoms with Crippen LogP contribution < -0.4 is 14.8 Å². The fourth-order valence-corrected chi connectivity index (χ4v) is 3.28. The zero-order chi connectivity index (χ0) is 23.1. The molecule has 0 unspecified atom stereocenters. The van der Waals surface area contributed by atoms with Crippen molar-refractivity contribution in [3.8, 4) is 22.8 Å². The quantitative estimate of drug-likeness (QED) is 0.341. The van der Waals surface area contributed by atoms with E-state index in [1.165, 1.54) is 7.11 Å². The molecule has 1 amide bonds. The molecule has 8 nitrogen and oxygen atoms in total. The molecule has 0 saturated heterocycles. The third kappa shape index (κ3) is 5.22. The molecular weight excluding hydrogens is 459 g/mol. The van der Waals surface area contributed by atoms with E-state index in [0.717, 1.165) is 0 Å². The number of carbonyl (C=O) groups is 2. The van der Waals surface area contributed by atoms with Gasteiger partial charge in [-0.15, -0.1) is 0 Å². The van der Waals surface area contributed by atoms with Crippen LogP contribution in [-0.4, -0.2) is 37.4 Å². The first-order valence-corrected chi connectivity index (χ1v) is 9.99. The van der Waals surface area contributed by atoms with Gasteiger partial charge in [0.25, 0.3) is 5.91 Å². The Bertz CT molecular complexity index is 1120. The number of amides is 1. The van der Waals surface area contributed by atoms with Crippen molar-refractivity contribution in [2.45, 2.75) is 0 Å². The van der Waals surface area contributed by atoms with Crippen LogP contribution in [0.4, 0.5) is 5.88 Å². The summed E-state index contributed by atoms with van der Waals surface area (Å²) in [4.78, 5) is 24.9. The number of para-hydroxylation sites is 2. The van der Waals surface area contributed by atoms with Crippen LogP contribution >= 0.6 is 23.2 Å². The van der Waals surface area contributed by atoms with Crippen molar-refractivity contribution < 1.29 is 28.3 Å². The van der Waals surface area contributed by atoms with Crippen molar-refractivity contribution >= 4 is 41.0 Å². The van der Waals surface area contributed by atoms with Crippen molar-refractivity contribution in [3.63, 3.8) is 0 Å². The predicted octanol–water partition coefficient (Wildman–Crippen LogP) is 5.02. The topological polar surface area (TPSA) is 99.9 Å². The largest absolute Gasteiger partial charge is 0.486 e. The maximum absolute atomic E-state index is 12.5. The number of carbonyl (C=O) groups excluding carboxylic acids is 2. The smallest absolute Gasteiger partial charge is 0.345 e. The van der Waals surface area contributed by atoms with Crippen molar-refractivity contribution in [3.05, 3.63) is 70.7 Å². The fourth-order valence-electron chi connectivity index (χ4n) is 2.70. The molecule has 0 aliphatic rings. The maximum Gasteiger partial charge on any atom is 0.345 e. The van der Waals surface area contributed by atoms with E-state index in [9.17, 15) is 9.59 Å². The molecule has 10 heteroatoms. The Balaban J connectivity index is 1.81. The molecular formula is C22H18Cl2N2O6. The highest BCUT2D eigenvalue weighted by atomic mass is 35.5. The van der Waals surface area contributed by atoms with E-state index < -0.39 is 18.5 Å². The van der Waals surface area contributed by atoms with Gasteiger partial charge in [-0.25, -0.2) is 4.79 Å². The third-order valence-corrected chi connectivity index (χ3v) is 4.73. The van der Waals surface area contributed by atoms with E-state index in [-0.39, 0.29) is 39.4 Å². The number of aromatic nitrogens is 1. The summed E-state index contributed by atoms with van der Waals surface area (Å²) < 4.78 is 21.0. The molecule has 1 aromatic heterocycles. The first kappa shape index (κ1) is 23.2. The zero-order valence-corrected chi connectivity index (χ0v) is 18.4. The van der Waals surface area contributed by atoms with Crippen LogP contribution in [0.25, 0.3) is 11.3 Å². The highest BCUT2D eigenvalue weighted by Gasteiger charge is 2.28. The summed E-state index contributed by atoms with van der Waals surface area (Å²) in [6.07, 6.45) is 1.59. The monoisotopic (exact) mass is 476 g/mol. The van der Waals surface area contributed by atoms with Crippen LogP contribution in [0, 0.1) is 0 Å². The number of halogens is 2. The second-order valence-electron chi connectivity index (χ2n) is 6.21.